The van der Waals surface area contributed by atoms with Crippen LogP contribution in [-0.4, -0.2) is 53.0 Å². The second-order valence-electron chi connectivity index (χ2n) is 7.58. The number of hydrogen-bond donors (Lipinski definition) is 1. The van der Waals surface area contributed by atoms with Gasteiger partial charge >= 0.3 is 0 Å². The molecule has 6 nitrogen and oxygen atoms in total. The van der Waals surface area contributed by atoms with Crippen LogP contribution in [0, 0.1) is 6.92 Å². The molecule has 0 saturated carbocycles. The van der Waals surface area contributed by atoms with Gasteiger partial charge in [0.1, 0.15) is 11.6 Å². The fourth-order valence-corrected chi connectivity index (χ4v) is 3.50. The summed E-state index contributed by atoms with van der Waals surface area (Å²) in [6.07, 6.45) is 0. The summed E-state index contributed by atoms with van der Waals surface area (Å²) in [5.74, 6) is 2.14. The number of nitrogens with one attached hydrogen (secondary N) is 1. The third kappa shape index (κ3) is 5.00. The van der Waals surface area contributed by atoms with Crippen molar-refractivity contribution in [2.75, 3.05) is 36.4 Å². The molecule has 1 amide bonds. The number of anilines is 2. The molecule has 7 heteroatoms. The third-order valence-electron chi connectivity index (χ3n) is 5.03. The lowest BCUT2D eigenvalue weighted by Gasteiger charge is -2.38. The smallest absolute Gasteiger partial charge is 0.241 e. The SMILES string of the molecule is Cc1cc(N2CCN([C@H](C)C(=O)Nc3cccc(Cl)c3)CC2)nc(C(C)C)n1. The fourth-order valence-electron chi connectivity index (χ4n) is 3.31. The summed E-state index contributed by atoms with van der Waals surface area (Å²) in [6.45, 7) is 11.5. The first-order valence-electron chi connectivity index (χ1n) is 9.74. The van der Waals surface area contributed by atoms with Gasteiger partial charge in [0.25, 0.3) is 0 Å². The van der Waals surface area contributed by atoms with E-state index in [1.807, 2.05) is 32.0 Å². The minimum atomic E-state index is -0.209. The molecule has 1 aromatic heterocycles. The number of aromatic nitrogens is 2. The van der Waals surface area contributed by atoms with Crippen molar-refractivity contribution in [3.05, 3.63) is 46.9 Å². The van der Waals surface area contributed by atoms with E-state index in [1.54, 1.807) is 12.1 Å². The molecular formula is C21H28ClN5O. The van der Waals surface area contributed by atoms with Gasteiger partial charge in [-0.3, -0.25) is 9.69 Å². The fraction of sp³-hybridized carbons (Fsp3) is 0.476. The van der Waals surface area contributed by atoms with E-state index in [0.29, 0.717) is 10.9 Å². The van der Waals surface area contributed by atoms with E-state index in [-0.39, 0.29) is 11.9 Å². The number of benzene rings is 1. The molecule has 0 bridgehead atoms. The second-order valence-corrected chi connectivity index (χ2v) is 8.02. The number of carbonyl (C=O) groups excluding carboxylic acids is 1. The Morgan fingerprint density at radius 2 is 1.82 bits per heavy atom. The maximum absolute atomic E-state index is 12.6. The molecule has 1 aliphatic heterocycles. The maximum atomic E-state index is 12.6. The molecular weight excluding hydrogens is 374 g/mol. The lowest BCUT2D eigenvalue weighted by molar-refractivity contribution is -0.120. The Bertz CT molecular complexity index is 833. The number of amides is 1. The Kier molecular flexibility index (Phi) is 6.52. The predicted molar refractivity (Wildman–Crippen MR) is 114 cm³/mol. The van der Waals surface area contributed by atoms with Crippen molar-refractivity contribution in [1.82, 2.24) is 14.9 Å². The van der Waals surface area contributed by atoms with Crippen LogP contribution in [0.15, 0.2) is 30.3 Å². The van der Waals surface area contributed by atoms with E-state index in [1.165, 1.54) is 0 Å². The normalized spacial score (nSPS) is 16.3. The Balaban J connectivity index is 1.59. The first-order valence-corrected chi connectivity index (χ1v) is 10.1. The van der Waals surface area contributed by atoms with Crippen molar-refractivity contribution in [3.8, 4) is 0 Å². The number of piperazine rings is 1. The summed E-state index contributed by atoms with van der Waals surface area (Å²) in [7, 11) is 0. The molecule has 0 aliphatic carbocycles. The van der Waals surface area contributed by atoms with Gasteiger partial charge in [0.15, 0.2) is 0 Å². The number of rotatable bonds is 5. The van der Waals surface area contributed by atoms with Crippen molar-refractivity contribution in [3.63, 3.8) is 0 Å². The van der Waals surface area contributed by atoms with E-state index in [4.69, 9.17) is 16.6 Å². The molecule has 1 N–H and O–H groups in total. The zero-order valence-electron chi connectivity index (χ0n) is 16.9. The second kappa shape index (κ2) is 8.88. The number of halogens is 1. The summed E-state index contributed by atoms with van der Waals surface area (Å²) in [5, 5.41) is 3.56. The van der Waals surface area contributed by atoms with Gasteiger partial charge in [0.2, 0.25) is 5.91 Å². The molecule has 1 atom stereocenters. The molecule has 150 valence electrons. The van der Waals surface area contributed by atoms with Crippen molar-refractivity contribution in [2.45, 2.75) is 39.7 Å². The maximum Gasteiger partial charge on any atom is 0.241 e. The first-order chi connectivity index (χ1) is 13.3. The molecule has 1 saturated heterocycles. The number of hydrogen-bond acceptors (Lipinski definition) is 5. The summed E-state index contributed by atoms with van der Waals surface area (Å²) in [4.78, 5) is 26.3. The van der Waals surface area contributed by atoms with E-state index in [0.717, 1.165) is 49.2 Å². The van der Waals surface area contributed by atoms with Crippen LogP contribution in [0.4, 0.5) is 11.5 Å². The topological polar surface area (TPSA) is 61.4 Å². The molecule has 0 spiro atoms. The molecule has 2 aromatic rings. The van der Waals surface area contributed by atoms with Crippen molar-refractivity contribution in [1.29, 1.82) is 0 Å². The van der Waals surface area contributed by atoms with Gasteiger partial charge in [-0.2, -0.15) is 0 Å². The van der Waals surface area contributed by atoms with E-state index in [9.17, 15) is 4.79 Å². The molecule has 0 unspecified atom stereocenters. The van der Waals surface area contributed by atoms with Crippen LogP contribution in [0.1, 0.15) is 38.2 Å². The number of carbonyl (C=O) groups is 1. The Labute approximate surface area is 171 Å². The highest BCUT2D eigenvalue weighted by molar-refractivity contribution is 6.30. The largest absolute Gasteiger partial charge is 0.354 e. The van der Waals surface area contributed by atoms with Crippen LogP contribution in [0.5, 0.6) is 0 Å². The quantitative estimate of drug-likeness (QED) is 0.827. The van der Waals surface area contributed by atoms with Crippen molar-refractivity contribution in [2.24, 2.45) is 0 Å². The van der Waals surface area contributed by atoms with Crippen LogP contribution in [0.25, 0.3) is 0 Å². The molecule has 1 aromatic carbocycles. The van der Waals surface area contributed by atoms with Gasteiger partial charge in [-0.25, -0.2) is 9.97 Å². The average Bonchev–Trinajstić information content (AvgIpc) is 2.67. The van der Waals surface area contributed by atoms with Crippen LogP contribution >= 0.6 is 11.6 Å². The minimum absolute atomic E-state index is 0.0179. The van der Waals surface area contributed by atoms with Gasteiger partial charge in [0, 0.05) is 54.6 Å². The zero-order chi connectivity index (χ0) is 20.3. The Hall–Kier alpha value is -2.18. The van der Waals surface area contributed by atoms with Gasteiger partial charge in [-0.1, -0.05) is 31.5 Å². The molecule has 1 aliphatic rings. The third-order valence-corrected chi connectivity index (χ3v) is 5.27. The summed E-state index contributed by atoms with van der Waals surface area (Å²) < 4.78 is 0. The summed E-state index contributed by atoms with van der Waals surface area (Å²) in [5.41, 5.74) is 1.71. The molecule has 2 heterocycles. The van der Waals surface area contributed by atoms with E-state index in [2.05, 4.69) is 33.9 Å². The zero-order valence-corrected chi connectivity index (χ0v) is 17.7. The van der Waals surface area contributed by atoms with Crippen LogP contribution in [0.2, 0.25) is 5.02 Å². The molecule has 1 fully saturated rings. The lowest BCUT2D eigenvalue weighted by atomic mass is 10.2. The molecule has 28 heavy (non-hydrogen) atoms. The van der Waals surface area contributed by atoms with Gasteiger partial charge in [0.05, 0.1) is 6.04 Å². The van der Waals surface area contributed by atoms with E-state index >= 15 is 0 Å². The highest BCUT2D eigenvalue weighted by Gasteiger charge is 2.26. The average molecular weight is 402 g/mol. The van der Waals surface area contributed by atoms with Crippen LogP contribution in [-0.2, 0) is 4.79 Å². The van der Waals surface area contributed by atoms with Crippen LogP contribution < -0.4 is 10.2 Å². The van der Waals surface area contributed by atoms with Crippen molar-refractivity contribution < 1.29 is 4.79 Å². The van der Waals surface area contributed by atoms with Crippen molar-refractivity contribution >= 4 is 29.0 Å². The van der Waals surface area contributed by atoms with E-state index < -0.39 is 0 Å². The number of nitrogens with zero attached hydrogens (tertiary/aromatic N) is 4. The van der Waals surface area contributed by atoms with Gasteiger partial charge in [-0.15, -0.1) is 0 Å². The minimum Gasteiger partial charge on any atom is -0.354 e. The Morgan fingerprint density at radius 3 is 2.46 bits per heavy atom. The summed E-state index contributed by atoms with van der Waals surface area (Å²) in [6, 6.07) is 9.05. The monoisotopic (exact) mass is 401 g/mol. The number of aryl methyl sites for hydroxylation is 1. The van der Waals surface area contributed by atoms with Gasteiger partial charge < -0.3 is 10.2 Å². The predicted octanol–water partition coefficient (Wildman–Crippen LogP) is 3.71. The standard InChI is InChI=1S/C21H28ClN5O/c1-14(2)20-23-15(3)12-19(25-20)27-10-8-26(9-11-27)16(4)21(28)24-18-7-5-6-17(22)13-18/h5-7,12-14,16H,8-11H2,1-4H3,(H,24,28)/t16-/m1/s1. The highest BCUT2D eigenvalue weighted by Crippen LogP contribution is 2.20. The molecule has 0 radical (unpaired) electrons. The molecule has 3 rings (SSSR count). The summed E-state index contributed by atoms with van der Waals surface area (Å²) >= 11 is 5.99. The highest BCUT2D eigenvalue weighted by atomic mass is 35.5. The first kappa shape index (κ1) is 20.6. The van der Waals surface area contributed by atoms with Crippen LogP contribution in [0.3, 0.4) is 0 Å². The Morgan fingerprint density at radius 1 is 1.11 bits per heavy atom. The lowest BCUT2D eigenvalue weighted by Crippen LogP contribution is -2.53. The van der Waals surface area contributed by atoms with Gasteiger partial charge in [-0.05, 0) is 32.0 Å².